The monoisotopic (exact) mass is 300 g/mol. The Bertz CT molecular complexity index is 589. The minimum atomic E-state index is -0.554. The molecule has 0 saturated heterocycles. The number of nitrogens with one attached hydrogen (secondary N) is 1. The molecule has 0 atom stereocenters. The van der Waals surface area contributed by atoms with Gasteiger partial charge in [0.1, 0.15) is 6.54 Å². The fraction of sp³-hybridized carbons (Fsp3) is 0.556. The number of para-hydroxylation sites is 1. The summed E-state index contributed by atoms with van der Waals surface area (Å²) in [4.78, 5) is 26.6. The van der Waals surface area contributed by atoms with Gasteiger partial charge in [-0.1, -0.05) is 37.5 Å². The Kier molecular flexibility index (Phi) is 3.94. The Morgan fingerprint density at radius 2 is 1.91 bits per heavy atom. The molecule has 0 unspecified atom stereocenters. The van der Waals surface area contributed by atoms with E-state index >= 15 is 0 Å². The standard InChI is InChI=1S/C18H24N2O2/c1-18(2)14-10-6-7-11-15(14)20(17(18)22)12-16(21)19-13-8-4-3-5-9-13/h6-7,10-11,13H,3-5,8-9,12H2,1-2H3,(H,19,21). The summed E-state index contributed by atoms with van der Waals surface area (Å²) in [5.74, 6) is -0.0414. The van der Waals surface area contributed by atoms with Crippen LogP contribution in [0.3, 0.4) is 0 Å². The molecule has 1 aliphatic heterocycles. The van der Waals surface area contributed by atoms with Gasteiger partial charge >= 0.3 is 0 Å². The first-order chi connectivity index (χ1) is 10.5. The summed E-state index contributed by atoms with van der Waals surface area (Å²) >= 11 is 0. The van der Waals surface area contributed by atoms with Crippen molar-refractivity contribution in [2.45, 2.75) is 57.4 Å². The molecule has 0 spiro atoms. The average molecular weight is 300 g/mol. The Balaban J connectivity index is 1.72. The van der Waals surface area contributed by atoms with Crippen molar-refractivity contribution in [3.05, 3.63) is 29.8 Å². The number of amides is 2. The maximum Gasteiger partial charge on any atom is 0.240 e. The number of carbonyl (C=O) groups is 2. The number of hydrogen-bond acceptors (Lipinski definition) is 2. The van der Waals surface area contributed by atoms with E-state index in [1.165, 1.54) is 19.3 Å². The van der Waals surface area contributed by atoms with E-state index in [2.05, 4.69) is 5.32 Å². The molecular formula is C18H24N2O2. The minimum absolute atomic E-state index is 0.00694. The first kappa shape index (κ1) is 15.1. The first-order valence-electron chi connectivity index (χ1n) is 8.21. The number of benzene rings is 1. The highest BCUT2D eigenvalue weighted by molar-refractivity contribution is 6.10. The lowest BCUT2D eigenvalue weighted by Gasteiger charge is -2.25. The number of fused-ring (bicyclic) bond motifs is 1. The second-order valence-corrected chi connectivity index (χ2v) is 6.94. The molecule has 22 heavy (non-hydrogen) atoms. The van der Waals surface area contributed by atoms with Gasteiger partial charge < -0.3 is 10.2 Å². The molecule has 1 N–H and O–H groups in total. The van der Waals surface area contributed by atoms with Crippen molar-refractivity contribution in [1.82, 2.24) is 5.32 Å². The molecule has 1 heterocycles. The maximum atomic E-state index is 12.7. The van der Waals surface area contributed by atoms with Crippen LogP contribution in [0.1, 0.15) is 51.5 Å². The van der Waals surface area contributed by atoms with Gasteiger partial charge in [0.05, 0.1) is 5.41 Å². The summed E-state index contributed by atoms with van der Waals surface area (Å²) in [6, 6.07) is 8.04. The molecule has 4 nitrogen and oxygen atoms in total. The summed E-state index contributed by atoms with van der Waals surface area (Å²) in [5, 5.41) is 3.09. The third-order valence-electron chi connectivity index (χ3n) is 4.92. The molecule has 3 rings (SSSR count). The molecule has 1 fully saturated rings. The van der Waals surface area contributed by atoms with Crippen LogP contribution in [0.2, 0.25) is 0 Å². The third kappa shape index (κ3) is 2.62. The maximum absolute atomic E-state index is 12.7. The summed E-state index contributed by atoms with van der Waals surface area (Å²) in [6.07, 6.45) is 5.75. The second-order valence-electron chi connectivity index (χ2n) is 6.94. The zero-order valence-corrected chi connectivity index (χ0v) is 13.4. The largest absolute Gasteiger partial charge is 0.352 e. The van der Waals surface area contributed by atoms with Crippen molar-refractivity contribution in [3.63, 3.8) is 0 Å². The van der Waals surface area contributed by atoms with Gasteiger partial charge in [0, 0.05) is 11.7 Å². The van der Waals surface area contributed by atoms with Gasteiger partial charge in [0.2, 0.25) is 11.8 Å². The van der Waals surface area contributed by atoms with Crippen LogP contribution in [0.4, 0.5) is 5.69 Å². The fourth-order valence-electron chi connectivity index (χ4n) is 3.62. The average Bonchev–Trinajstić information content (AvgIpc) is 2.70. The van der Waals surface area contributed by atoms with Crippen LogP contribution in [0.5, 0.6) is 0 Å². The van der Waals surface area contributed by atoms with Crippen molar-refractivity contribution in [2.75, 3.05) is 11.4 Å². The number of anilines is 1. The molecule has 0 aromatic heterocycles. The van der Waals surface area contributed by atoms with Crippen LogP contribution in [0.15, 0.2) is 24.3 Å². The number of hydrogen-bond donors (Lipinski definition) is 1. The number of nitrogens with zero attached hydrogens (tertiary/aromatic N) is 1. The quantitative estimate of drug-likeness (QED) is 0.933. The second kappa shape index (κ2) is 5.75. The SMILES string of the molecule is CC1(C)C(=O)N(CC(=O)NC2CCCCC2)c2ccccc21. The van der Waals surface area contributed by atoms with Crippen LogP contribution < -0.4 is 10.2 Å². The Hall–Kier alpha value is -1.84. The summed E-state index contributed by atoms with van der Waals surface area (Å²) in [7, 11) is 0. The molecule has 1 aromatic rings. The zero-order valence-electron chi connectivity index (χ0n) is 13.4. The molecule has 0 bridgehead atoms. The topological polar surface area (TPSA) is 49.4 Å². The highest BCUT2D eigenvalue weighted by atomic mass is 16.2. The number of rotatable bonds is 3. The summed E-state index contributed by atoms with van der Waals surface area (Å²) < 4.78 is 0. The Morgan fingerprint density at radius 3 is 2.64 bits per heavy atom. The van der Waals surface area contributed by atoms with Crippen LogP contribution >= 0.6 is 0 Å². The van der Waals surface area contributed by atoms with Crippen molar-refractivity contribution in [1.29, 1.82) is 0 Å². The van der Waals surface area contributed by atoms with E-state index in [4.69, 9.17) is 0 Å². The molecule has 118 valence electrons. The highest BCUT2D eigenvalue weighted by Gasteiger charge is 2.44. The van der Waals surface area contributed by atoms with Crippen molar-refractivity contribution in [2.24, 2.45) is 0 Å². The van der Waals surface area contributed by atoms with E-state index < -0.39 is 5.41 Å². The number of carbonyl (C=O) groups excluding carboxylic acids is 2. The predicted octanol–water partition coefficient (Wildman–Crippen LogP) is 2.76. The van der Waals surface area contributed by atoms with E-state index in [1.54, 1.807) is 4.90 Å². The van der Waals surface area contributed by atoms with Gasteiger partial charge in [-0.25, -0.2) is 0 Å². The van der Waals surface area contributed by atoms with Gasteiger partial charge in [-0.05, 0) is 38.3 Å². The van der Waals surface area contributed by atoms with Crippen LogP contribution in [-0.4, -0.2) is 24.4 Å². The van der Waals surface area contributed by atoms with Gasteiger partial charge in [-0.2, -0.15) is 0 Å². The summed E-state index contributed by atoms with van der Waals surface area (Å²) in [6.45, 7) is 3.97. The molecule has 1 saturated carbocycles. The van der Waals surface area contributed by atoms with Gasteiger partial charge in [0.15, 0.2) is 0 Å². The lowest BCUT2D eigenvalue weighted by atomic mass is 9.86. The van der Waals surface area contributed by atoms with Crippen molar-refractivity contribution in [3.8, 4) is 0 Å². The van der Waals surface area contributed by atoms with Crippen LogP contribution in [0, 0.1) is 0 Å². The minimum Gasteiger partial charge on any atom is -0.352 e. The lowest BCUT2D eigenvalue weighted by Crippen LogP contribution is -2.45. The lowest BCUT2D eigenvalue weighted by molar-refractivity contribution is -0.126. The molecule has 4 heteroatoms. The predicted molar refractivity (Wildman–Crippen MR) is 86.8 cm³/mol. The van der Waals surface area contributed by atoms with Crippen molar-refractivity contribution >= 4 is 17.5 Å². The molecule has 1 aliphatic carbocycles. The van der Waals surface area contributed by atoms with E-state index in [1.807, 2.05) is 38.1 Å². The van der Waals surface area contributed by atoms with E-state index in [-0.39, 0.29) is 24.4 Å². The smallest absolute Gasteiger partial charge is 0.240 e. The molecule has 2 aliphatic rings. The molecular weight excluding hydrogens is 276 g/mol. The van der Waals surface area contributed by atoms with Gasteiger partial charge in [0.25, 0.3) is 0 Å². The van der Waals surface area contributed by atoms with Crippen LogP contribution in [0.25, 0.3) is 0 Å². The van der Waals surface area contributed by atoms with Crippen LogP contribution in [-0.2, 0) is 15.0 Å². The molecule has 2 amide bonds. The normalized spacial score (nSPS) is 20.8. The molecule has 1 aromatic carbocycles. The Morgan fingerprint density at radius 1 is 1.23 bits per heavy atom. The van der Waals surface area contributed by atoms with Gasteiger partial charge in [-0.3, -0.25) is 9.59 Å². The molecule has 0 radical (unpaired) electrons. The highest BCUT2D eigenvalue weighted by Crippen LogP contribution is 2.40. The Labute approximate surface area is 131 Å². The van der Waals surface area contributed by atoms with E-state index in [9.17, 15) is 9.59 Å². The van der Waals surface area contributed by atoms with E-state index in [0.29, 0.717) is 0 Å². The first-order valence-corrected chi connectivity index (χ1v) is 8.21. The van der Waals surface area contributed by atoms with Gasteiger partial charge in [-0.15, -0.1) is 0 Å². The summed E-state index contributed by atoms with van der Waals surface area (Å²) in [5.41, 5.74) is 1.32. The third-order valence-corrected chi connectivity index (χ3v) is 4.92. The fourth-order valence-corrected chi connectivity index (χ4v) is 3.62. The van der Waals surface area contributed by atoms with Crippen molar-refractivity contribution < 1.29 is 9.59 Å². The van der Waals surface area contributed by atoms with E-state index in [0.717, 1.165) is 24.1 Å². The zero-order chi connectivity index (χ0) is 15.7.